The molecule has 0 atom stereocenters. The molecule has 3 heterocycles. The SMILES string of the molecule is O=C(NCc1nncn1C1CC1)c1sccc1-n1cccc1. The lowest BCUT2D eigenvalue weighted by molar-refractivity contribution is 0.0953. The van der Waals surface area contributed by atoms with Crippen LogP contribution in [0.1, 0.15) is 34.4 Å². The normalized spacial score (nSPS) is 14.2. The van der Waals surface area contributed by atoms with E-state index in [0.717, 1.165) is 11.5 Å². The summed E-state index contributed by atoms with van der Waals surface area (Å²) in [5, 5.41) is 12.9. The molecular weight excluding hydrogens is 298 g/mol. The Labute approximate surface area is 131 Å². The predicted molar refractivity (Wildman–Crippen MR) is 83.1 cm³/mol. The summed E-state index contributed by atoms with van der Waals surface area (Å²) in [6.45, 7) is 0.401. The van der Waals surface area contributed by atoms with E-state index in [2.05, 4.69) is 20.1 Å². The summed E-state index contributed by atoms with van der Waals surface area (Å²) in [5.74, 6) is 0.735. The van der Waals surface area contributed by atoms with Gasteiger partial charge < -0.3 is 14.5 Å². The average molecular weight is 313 g/mol. The minimum Gasteiger partial charge on any atom is -0.344 e. The molecule has 0 aliphatic heterocycles. The van der Waals surface area contributed by atoms with E-state index in [4.69, 9.17) is 0 Å². The highest BCUT2D eigenvalue weighted by molar-refractivity contribution is 7.12. The summed E-state index contributed by atoms with van der Waals surface area (Å²) >= 11 is 1.44. The molecular formula is C15H15N5OS. The fourth-order valence-electron chi connectivity index (χ4n) is 2.46. The summed E-state index contributed by atoms with van der Waals surface area (Å²) in [7, 11) is 0. The molecule has 1 aliphatic rings. The first-order chi connectivity index (χ1) is 10.8. The Kier molecular flexibility index (Phi) is 3.27. The van der Waals surface area contributed by atoms with Crippen molar-refractivity contribution in [2.75, 3.05) is 0 Å². The van der Waals surface area contributed by atoms with Crippen molar-refractivity contribution in [3.8, 4) is 5.69 Å². The number of nitrogens with one attached hydrogen (secondary N) is 1. The van der Waals surface area contributed by atoms with Gasteiger partial charge in [-0.2, -0.15) is 0 Å². The first-order valence-corrected chi connectivity index (χ1v) is 8.08. The number of amides is 1. The van der Waals surface area contributed by atoms with Crippen LogP contribution in [0.3, 0.4) is 0 Å². The second kappa shape index (κ2) is 5.42. The molecule has 1 saturated carbocycles. The molecule has 0 unspecified atom stereocenters. The van der Waals surface area contributed by atoms with E-state index >= 15 is 0 Å². The van der Waals surface area contributed by atoms with Crippen LogP contribution in [0, 0.1) is 0 Å². The fraction of sp³-hybridized carbons (Fsp3) is 0.267. The molecule has 0 saturated heterocycles. The van der Waals surface area contributed by atoms with E-state index in [1.54, 1.807) is 6.33 Å². The lowest BCUT2D eigenvalue weighted by Crippen LogP contribution is -2.24. The zero-order valence-electron chi connectivity index (χ0n) is 11.8. The average Bonchev–Trinajstić information content (AvgIpc) is 3.02. The van der Waals surface area contributed by atoms with E-state index in [1.807, 2.05) is 40.5 Å². The third kappa shape index (κ3) is 2.43. The standard InChI is InChI=1S/C15H15N5OS/c21-15(14-12(5-8-22-14)19-6-1-2-7-19)16-9-13-18-17-10-20(13)11-3-4-11/h1-2,5-8,10-11H,3-4,9H2,(H,16,21). The summed E-state index contributed by atoms with van der Waals surface area (Å²) in [5.41, 5.74) is 0.899. The van der Waals surface area contributed by atoms with E-state index < -0.39 is 0 Å². The highest BCUT2D eigenvalue weighted by Crippen LogP contribution is 2.35. The minimum absolute atomic E-state index is 0.0796. The third-order valence-electron chi connectivity index (χ3n) is 3.73. The molecule has 7 heteroatoms. The van der Waals surface area contributed by atoms with Crippen molar-refractivity contribution >= 4 is 17.2 Å². The van der Waals surface area contributed by atoms with Gasteiger partial charge in [-0.3, -0.25) is 4.79 Å². The van der Waals surface area contributed by atoms with E-state index in [9.17, 15) is 4.79 Å². The van der Waals surface area contributed by atoms with Crippen molar-refractivity contribution in [1.82, 2.24) is 24.6 Å². The summed E-state index contributed by atoms with van der Waals surface area (Å²) < 4.78 is 4.00. The number of rotatable bonds is 5. The van der Waals surface area contributed by atoms with Gasteiger partial charge in [0.05, 0.1) is 12.2 Å². The maximum atomic E-state index is 12.4. The molecule has 22 heavy (non-hydrogen) atoms. The van der Waals surface area contributed by atoms with Crippen molar-refractivity contribution in [1.29, 1.82) is 0 Å². The highest BCUT2D eigenvalue weighted by atomic mass is 32.1. The van der Waals surface area contributed by atoms with Gasteiger partial charge in [-0.05, 0) is 36.4 Å². The second-order valence-electron chi connectivity index (χ2n) is 5.29. The lowest BCUT2D eigenvalue weighted by atomic mass is 10.3. The molecule has 4 rings (SSSR count). The molecule has 0 spiro atoms. The Morgan fingerprint density at radius 2 is 2.18 bits per heavy atom. The van der Waals surface area contributed by atoms with E-state index in [1.165, 1.54) is 24.2 Å². The number of hydrogen-bond donors (Lipinski definition) is 1. The largest absolute Gasteiger partial charge is 0.344 e. The zero-order chi connectivity index (χ0) is 14.9. The number of thiophene rings is 1. The quantitative estimate of drug-likeness (QED) is 0.786. The highest BCUT2D eigenvalue weighted by Gasteiger charge is 2.26. The van der Waals surface area contributed by atoms with Gasteiger partial charge in [0.25, 0.3) is 5.91 Å². The molecule has 1 N–H and O–H groups in total. The van der Waals surface area contributed by atoms with Gasteiger partial charge in [0.15, 0.2) is 5.82 Å². The monoisotopic (exact) mass is 313 g/mol. The van der Waals surface area contributed by atoms with Crippen LogP contribution in [0.5, 0.6) is 0 Å². The van der Waals surface area contributed by atoms with Gasteiger partial charge in [0.1, 0.15) is 11.2 Å². The van der Waals surface area contributed by atoms with E-state index in [-0.39, 0.29) is 5.91 Å². The number of aromatic nitrogens is 4. The maximum absolute atomic E-state index is 12.4. The van der Waals surface area contributed by atoms with Gasteiger partial charge in [-0.15, -0.1) is 21.5 Å². The minimum atomic E-state index is -0.0796. The first-order valence-electron chi connectivity index (χ1n) is 7.20. The van der Waals surface area contributed by atoms with Crippen molar-refractivity contribution in [2.24, 2.45) is 0 Å². The van der Waals surface area contributed by atoms with Gasteiger partial charge in [-0.1, -0.05) is 0 Å². The van der Waals surface area contributed by atoms with Crippen molar-refractivity contribution < 1.29 is 4.79 Å². The molecule has 1 fully saturated rings. The molecule has 1 aliphatic carbocycles. The Hall–Kier alpha value is -2.41. The third-order valence-corrected chi connectivity index (χ3v) is 4.63. The van der Waals surface area contributed by atoms with Crippen LogP contribution in [-0.2, 0) is 6.54 Å². The molecule has 3 aromatic rings. The predicted octanol–water partition coefficient (Wildman–Crippen LogP) is 2.40. The fourth-order valence-corrected chi connectivity index (χ4v) is 3.27. The topological polar surface area (TPSA) is 64.7 Å². The van der Waals surface area contributed by atoms with Crippen LogP contribution in [0.4, 0.5) is 0 Å². The summed E-state index contributed by atoms with van der Waals surface area (Å²) in [6.07, 6.45) is 7.95. The summed E-state index contributed by atoms with van der Waals surface area (Å²) in [6, 6.07) is 6.35. The van der Waals surface area contributed by atoms with Crippen LogP contribution in [0.15, 0.2) is 42.3 Å². The first kappa shape index (κ1) is 13.3. The Morgan fingerprint density at radius 1 is 1.36 bits per heavy atom. The maximum Gasteiger partial charge on any atom is 0.263 e. The number of hydrogen-bond acceptors (Lipinski definition) is 4. The van der Waals surface area contributed by atoms with Crippen LogP contribution >= 0.6 is 11.3 Å². The van der Waals surface area contributed by atoms with Gasteiger partial charge in [0.2, 0.25) is 0 Å². The Morgan fingerprint density at radius 3 is 2.95 bits per heavy atom. The molecule has 1 amide bonds. The zero-order valence-corrected chi connectivity index (χ0v) is 12.7. The second-order valence-corrected chi connectivity index (χ2v) is 6.21. The molecule has 0 bridgehead atoms. The van der Waals surface area contributed by atoms with Crippen LogP contribution in [0.2, 0.25) is 0 Å². The van der Waals surface area contributed by atoms with E-state index in [0.29, 0.717) is 17.5 Å². The Bertz CT molecular complexity index is 785. The van der Waals surface area contributed by atoms with Crippen LogP contribution in [-0.4, -0.2) is 25.2 Å². The van der Waals surface area contributed by atoms with Gasteiger partial charge in [0, 0.05) is 18.4 Å². The van der Waals surface area contributed by atoms with Crippen molar-refractivity contribution in [3.05, 3.63) is 53.0 Å². The van der Waals surface area contributed by atoms with Crippen molar-refractivity contribution in [3.63, 3.8) is 0 Å². The van der Waals surface area contributed by atoms with Gasteiger partial charge in [-0.25, -0.2) is 0 Å². The number of carbonyl (C=O) groups excluding carboxylic acids is 1. The smallest absolute Gasteiger partial charge is 0.263 e. The molecule has 0 aromatic carbocycles. The molecule has 0 radical (unpaired) electrons. The van der Waals surface area contributed by atoms with Crippen molar-refractivity contribution in [2.45, 2.75) is 25.4 Å². The summed E-state index contributed by atoms with van der Waals surface area (Å²) in [4.78, 5) is 13.1. The molecule has 6 nitrogen and oxygen atoms in total. The molecule has 3 aromatic heterocycles. The number of carbonyl (C=O) groups is 1. The van der Waals surface area contributed by atoms with Crippen LogP contribution < -0.4 is 5.32 Å². The molecule has 112 valence electrons. The number of nitrogens with zero attached hydrogens (tertiary/aromatic N) is 4. The van der Waals surface area contributed by atoms with Gasteiger partial charge >= 0.3 is 0 Å². The van der Waals surface area contributed by atoms with Crippen LogP contribution in [0.25, 0.3) is 5.69 Å². The lowest BCUT2D eigenvalue weighted by Gasteiger charge is -2.08. The Balaban J connectivity index is 1.49.